The molecule has 1 atom stereocenters. The van der Waals surface area contributed by atoms with Crippen molar-refractivity contribution in [2.24, 2.45) is 0 Å². The van der Waals surface area contributed by atoms with Crippen molar-refractivity contribution in [3.8, 4) is 0 Å². The molecular formula is C16H15ClN4O2. The van der Waals surface area contributed by atoms with Gasteiger partial charge in [-0.05, 0) is 13.0 Å². The van der Waals surface area contributed by atoms with Gasteiger partial charge in [-0.1, -0.05) is 29.8 Å². The molecule has 7 heteroatoms. The number of hydrogen-bond donors (Lipinski definition) is 1. The highest BCUT2D eigenvalue weighted by Crippen LogP contribution is 2.30. The Morgan fingerprint density at radius 3 is 2.78 bits per heavy atom. The predicted octanol–water partition coefficient (Wildman–Crippen LogP) is 1.75. The van der Waals surface area contributed by atoms with Gasteiger partial charge < -0.3 is 10.2 Å². The Morgan fingerprint density at radius 1 is 1.30 bits per heavy atom. The summed E-state index contributed by atoms with van der Waals surface area (Å²) in [7, 11) is 0. The van der Waals surface area contributed by atoms with Gasteiger partial charge in [-0.3, -0.25) is 14.6 Å². The molecule has 1 N–H and O–H groups in total. The number of nitrogens with one attached hydrogen (secondary N) is 1. The van der Waals surface area contributed by atoms with Crippen molar-refractivity contribution in [1.29, 1.82) is 0 Å². The first kappa shape index (κ1) is 15.4. The molecule has 1 fully saturated rings. The molecule has 0 aliphatic carbocycles. The van der Waals surface area contributed by atoms with Gasteiger partial charge in [0.1, 0.15) is 11.7 Å². The number of hydrogen-bond acceptors (Lipinski definition) is 4. The molecule has 2 amide bonds. The molecule has 3 rings (SSSR count). The number of piperazine rings is 1. The molecule has 0 radical (unpaired) electrons. The molecule has 1 aromatic carbocycles. The summed E-state index contributed by atoms with van der Waals surface area (Å²) in [4.78, 5) is 34.8. The highest BCUT2D eigenvalue weighted by molar-refractivity contribution is 6.31. The van der Waals surface area contributed by atoms with Gasteiger partial charge in [-0.15, -0.1) is 0 Å². The van der Waals surface area contributed by atoms with Crippen molar-refractivity contribution in [3.63, 3.8) is 0 Å². The molecule has 0 bridgehead atoms. The predicted molar refractivity (Wildman–Crippen MR) is 85.0 cm³/mol. The van der Waals surface area contributed by atoms with Crippen LogP contribution in [0.2, 0.25) is 5.02 Å². The number of halogens is 1. The van der Waals surface area contributed by atoms with E-state index in [2.05, 4.69) is 15.3 Å². The Balaban J connectivity index is 1.98. The third-order valence-electron chi connectivity index (χ3n) is 3.67. The molecule has 23 heavy (non-hydrogen) atoms. The zero-order chi connectivity index (χ0) is 16.4. The normalized spacial score (nSPS) is 17.7. The summed E-state index contributed by atoms with van der Waals surface area (Å²) < 4.78 is 0. The minimum Gasteiger partial charge on any atom is -0.352 e. The Hall–Kier alpha value is -2.47. The summed E-state index contributed by atoms with van der Waals surface area (Å²) in [6.07, 6.45) is 2.95. The lowest BCUT2D eigenvalue weighted by Gasteiger charge is -2.35. The smallest absolute Gasteiger partial charge is 0.275 e. The quantitative estimate of drug-likeness (QED) is 0.910. The van der Waals surface area contributed by atoms with Gasteiger partial charge in [0.15, 0.2) is 0 Å². The molecule has 2 aromatic rings. The zero-order valence-corrected chi connectivity index (χ0v) is 13.2. The van der Waals surface area contributed by atoms with E-state index in [-0.39, 0.29) is 17.5 Å². The third kappa shape index (κ3) is 3.03. The van der Waals surface area contributed by atoms with E-state index in [1.165, 1.54) is 17.3 Å². The van der Waals surface area contributed by atoms with Crippen molar-refractivity contribution in [3.05, 3.63) is 58.6 Å². The van der Waals surface area contributed by atoms with E-state index in [0.717, 1.165) is 5.69 Å². The van der Waals surface area contributed by atoms with Gasteiger partial charge in [0.2, 0.25) is 5.91 Å². The Labute approximate surface area is 138 Å². The second kappa shape index (κ2) is 6.34. The summed E-state index contributed by atoms with van der Waals surface area (Å²) in [6.45, 7) is 2.57. The average molecular weight is 331 g/mol. The molecule has 1 aromatic heterocycles. The Morgan fingerprint density at radius 2 is 2.09 bits per heavy atom. The fourth-order valence-corrected chi connectivity index (χ4v) is 2.78. The molecule has 0 saturated carbocycles. The van der Waals surface area contributed by atoms with Crippen LogP contribution < -0.4 is 5.32 Å². The molecule has 0 unspecified atom stereocenters. The van der Waals surface area contributed by atoms with Gasteiger partial charge in [-0.2, -0.15) is 0 Å². The van der Waals surface area contributed by atoms with Crippen molar-refractivity contribution in [1.82, 2.24) is 20.2 Å². The van der Waals surface area contributed by atoms with E-state index in [1.54, 1.807) is 31.2 Å². The van der Waals surface area contributed by atoms with Crippen LogP contribution in [0, 0.1) is 6.92 Å². The topological polar surface area (TPSA) is 75.2 Å². The minimum absolute atomic E-state index is 0.211. The lowest BCUT2D eigenvalue weighted by molar-refractivity contribution is -0.128. The minimum atomic E-state index is -0.770. The standard InChI is InChI=1S/C16H15ClN4O2/c1-10-8-20-13(9-19-10)16(23)21-7-6-18-15(22)14(21)11-4-2-3-5-12(11)17/h2-5,8-9,14H,6-7H2,1H3,(H,18,22)/t14-/m0/s1. The Bertz CT molecular complexity index is 748. The van der Waals surface area contributed by atoms with E-state index in [1.807, 2.05) is 0 Å². The van der Waals surface area contributed by atoms with Gasteiger partial charge in [-0.25, -0.2) is 4.98 Å². The van der Waals surface area contributed by atoms with Gasteiger partial charge in [0.25, 0.3) is 5.91 Å². The number of amides is 2. The van der Waals surface area contributed by atoms with Crippen LogP contribution in [-0.2, 0) is 4.79 Å². The van der Waals surface area contributed by atoms with Crippen molar-refractivity contribution < 1.29 is 9.59 Å². The molecule has 2 heterocycles. The van der Waals surface area contributed by atoms with Gasteiger partial charge in [0, 0.05) is 29.9 Å². The summed E-state index contributed by atoms with van der Waals surface area (Å²) in [5.74, 6) is -0.588. The largest absolute Gasteiger partial charge is 0.352 e. The third-order valence-corrected chi connectivity index (χ3v) is 4.02. The SMILES string of the molecule is Cc1cnc(C(=O)N2CCNC(=O)[C@@H]2c2ccccc2Cl)cn1. The molecule has 1 aliphatic heterocycles. The number of aryl methyl sites for hydroxylation is 1. The fraction of sp³-hybridized carbons (Fsp3) is 0.250. The summed E-state index contributed by atoms with van der Waals surface area (Å²) in [5, 5.41) is 3.22. The first-order chi connectivity index (χ1) is 11.1. The van der Waals surface area contributed by atoms with Crippen LogP contribution in [-0.4, -0.2) is 39.8 Å². The average Bonchev–Trinajstić information content (AvgIpc) is 2.56. The second-order valence-electron chi connectivity index (χ2n) is 5.26. The van der Waals surface area contributed by atoms with Crippen molar-refractivity contribution in [2.75, 3.05) is 13.1 Å². The van der Waals surface area contributed by atoms with Crippen LogP contribution in [0.15, 0.2) is 36.7 Å². The molecule has 1 saturated heterocycles. The number of aromatic nitrogens is 2. The number of nitrogens with zero attached hydrogens (tertiary/aromatic N) is 3. The summed E-state index contributed by atoms with van der Waals surface area (Å²) >= 11 is 6.21. The van der Waals surface area contributed by atoms with E-state index in [4.69, 9.17) is 11.6 Å². The maximum atomic E-state index is 12.8. The van der Waals surface area contributed by atoms with E-state index in [9.17, 15) is 9.59 Å². The lowest BCUT2D eigenvalue weighted by Crippen LogP contribution is -2.52. The van der Waals surface area contributed by atoms with Crippen LogP contribution >= 0.6 is 11.6 Å². The molecular weight excluding hydrogens is 316 g/mol. The maximum Gasteiger partial charge on any atom is 0.275 e. The molecule has 0 spiro atoms. The van der Waals surface area contributed by atoms with Crippen LogP contribution in [0.1, 0.15) is 27.8 Å². The number of carbonyl (C=O) groups excluding carboxylic acids is 2. The first-order valence-corrected chi connectivity index (χ1v) is 7.57. The number of carbonyl (C=O) groups is 2. The first-order valence-electron chi connectivity index (χ1n) is 7.19. The highest BCUT2D eigenvalue weighted by atomic mass is 35.5. The van der Waals surface area contributed by atoms with Crippen LogP contribution in [0.25, 0.3) is 0 Å². The van der Waals surface area contributed by atoms with E-state index < -0.39 is 6.04 Å². The lowest BCUT2D eigenvalue weighted by atomic mass is 10.0. The number of rotatable bonds is 2. The molecule has 1 aliphatic rings. The van der Waals surface area contributed by atoms with Crippen molar-refractivity contribution >= 4 is 23.4 Å². The van der Waals surface area contributed by atoms with Crippen LogP contribution in [0.3, 0.4) is 0 Å². The Kier molecular flexibility index (Phi) is 4.25. The molecule has 6 nitrogen and oxygen atoms in total. The second-order valence-corrected chi connectivity index (χ2v) is 5.66. The monoisotopic (exact) mass is 330 g/mol. The van der Waals surface area contributed by atoms with E-state index >= 15 is 0 Å². The van der Waals surface area contributed by atoms with Gasteiger partial charge in [0.05, 0.1) is 11.9 Å². The number of benzene rings is 1. The zero-order valence-electron chi connectivity index (χ0n) is 12.5. The summed E-state index contributed by atoms with van der Waals surface area (Å²) in [6, 6.07) is 6.25. The fourth-order valence-electron chi connectivity index (χ4n) is 2.54. The van der Waals surface area contributed by atoms with Crippen LogP contribution in [0.4, 0.5) is 0 Å². The maximum absolute atomic E-state index is 12.8. The van der Waals surface area contributed by atoms with Crippen molar-refractivity contribution in [2.45, 2.75) is 13.0 Å². The van der Waals surface area contributed by atoms with E-state index in [0.29, 0.717) is 23.7 Å². The highest BCUT2D eigenvalue weighted by Gasteiger charge is 2.36. The summed E-state index contributed by atoms with van der Waals surface area (Å²) in [5.41, 5.74) is 1.53. The molecule has 118 valence electrons. The van der Waals surface area contributed by atoms with Crippen LogP contribution in [0.5, 0.6) is 0 Å². The van der Waals surface area contributed by atoms with Gasteiger partial charge >= 0.3 is 0 Å².